The fourth-order valence-electron chi connectivity index (χ4n) is 1.80. The molecule has 20 heavy (non-hydrogen) atoms. The van der Waals surface area contributed by atoms with Gasteiger partial charge >= 0.3 is 0 Å². The van der Waals surface area contributed by atoms with E-state index in [4.69, 9.17) is 10.5 Å². The van der Waals surface area contributed by atoms with Crippen LogP contribution in [0.4, 0.5) is 0 Å². The number of ether oxygens (including phenoxy) is 1. The SMILES string of the molecule is CC(N)CC(=O)NCCOc1ccccc1C(C)C.Cl. The molecule has 1 atom stereocenters. The number of carbonyl (C=O) groups excluding carboxylic acids is 1. The van der Waals surface area contributed by atoms with E-state index in [1.54, 1.807) is 0 Å². The summed E-state index contributed by atoms with van der Waals surface area (Å²) in [5, 5.41) is 2.79. The van der Waals surface area contributed by atoms with Gasteiger partial charge in [0.15, 0.2) is 0 Å². The van der Waals surface area contributed by atoms with Gasteiger partial charge < -0.3 is 15.8 Å². The normalized spacial score (nSPS) is 11.7. The number of hydrogen-bond donors (Lipinski definition) is 2. The van der Waals surface area contributed by atoms with Crippen molar-refractivity contribution in [2.45, 2.75) is 39.2 Å². The van der Waals surface area contributed by atoms with Gasteiger partial charge in [0.2, 0.25) is 5.91 Å². The molecule has 0 saturated carbocycles. The average molecular weight is 301 g/mol. The van der Waals surface area contributed by atoms with Crippen molar-refractivity contribution in [2.24, 2.45) is 5.73 Å². The van der Waals surface area contributed by atoms with Gasteiger partial charge in [-0.05, 0) is 24.5 Å². The van der Waals surface area contributed by atoms with Crippen LogP contribution in [0.2, 0.25) is 0 Å². The van der Waals surface area contributed by atoms with E-state index in [0.717, 1.165) is 5.75 Å². The predicted octanol–water partition coefficient (Wildman–Crippen LogP) is 2.46. The lowest BCUT2D eigenvalue weighted by molar-refractivity contribution is -0.121. The quantitative estimate of drug-likeness (QED) is 0.760. The summed E-state index contributed by atoms with van der Waals surface area (Å²) in [6.45, 7) is 7.04. The first-order valence-electron chi connectivity index (χ1n) is 6.74. The lowest BCUT2D eigenvalue weighted by Gasteiger charge is -2.14. The van der Waals surface area contributed by atoms with Crippen molar-refractivity contribution < 1.29 is 9.53 Å². The zero-order valence-electron chi connectivity index (χ0n) is 12.4. The van der Waals surface area contributed by atoms with Gasteiger partial charge in [-0.3, -0.25) is 4.79 Å². The highest BCUT2D eigenvalue weighted by molar-refractivity contribution is 5.85. The summed E-state index contributed by atoms with van der Waals surface area (Å²) in [5.41, 5.74) is 6.73. The van der Waals surface area contributed by atoms with Crippen LogP contribution >= 0.6 is 12.4 Å². The molecule has 4 nitrogen and oxygen atoms in total. The molecule has 1 rings (SSSR count). The Hall–Kier alpha value is -1.26. The predicted molar refractivity (Wildman–Crippen MR) is 84.6 cm³/mol. The molecular formula is C15H25ClN2O2. The molecule has 1 aromatic rings. The lowest BCUT2D eigenvalue weighted by Crippen LogP contribution is -2.32. The summed E-state index contributed by atoms with van der Waals surface area (Å²) in [7, 11) is 0. The molecule has 0 heterocycles. The van der Waals surface area contributed by atoms with Crippen molar-refractivity contribution in [2.75, 3.05) is 13.2 Å². The number of carbonyl (C=O) groups is 1. The van der Waals surface area contributed by atoms with E-state index in [2.05, 4.69) is 25.2 Å². The third kappa shape index (κ3) is 6.78. The van der Waals surface area contributed by atoms with E-state index in [0.29, 0.717) is 25.5 Å². The van der Waals surface area contributed by atoms with E-state index < -0.39 is 0 Å². The molecule has 0 bridgehead atoms. The second kappa shape index (κ2) is 9.61. The van der Waals surface area contributed by atoms with E-state index in [-0.39, 0.29) is 24.4 Å². The highest BCUT2D eigenvalue weighted by atomic mass is 35.5. The Balaban J connectivity index is 0.00000361. The van der Waals surface area contributed by atoms with Gasteiger partial charge in [-0.2, -0.15) is 0 Å². The summed E-state index contributed by atoms with van der Waals surface area (Å²) in [6, 6.07) is 7.87. The molecule has 1 aromatic carbocycles. The number of rotatable bonds is 7. The summed E-state index contributed by atoms with van der Waals surface area (Å²) in [6.07, 6.45) is 0.350. The van der Waals surface area contributed by atoms with Crippen LogP contribution in [0, 0.1) is 0 Å². The average Bonchev–Trinajstić information content (AvgIpc) is 2.34. The first-order chi connectivity index (χ1) is 9.00. The zero-order valence-corrected chi connectivity index (χ0v) is 13.2. The first-order valence-corrected chi connectivity index (χ1v) is 6.74. The number of nitrogens with two attached hydrogens (primary N) is 1. The van der Waals surface area contributed by atoms with E-state index in [1.807, 2.05) is 25.1 Å². The molecule has 0 spiro atoms. The fourth-order valence-corrected chi connectivity index (χ4v) is 1.80. The number of para-hydroxylation sites is 1. The van der Waals surface area contributed by atoms with Gasteiger partial charge in [-0.1, -0.05) is 32.0 Å². The lowest BCUT2D eigenvalue weighted by atomic mass is 10.0. The second-order valence-corrected chi connectivity index (χ2v) is 5.07. The summed E-state index contributed by atoms with van der Waals surface area (Å²) in [5.74, 6) is 1.28. The topological polar surface area (TPSA) is 64.4 Å². The summed E-state index contributed by atoms with van der Waals surface area (Å²) >= 11 is 0. The van der Waals surface area contributed by atoms with Gasteiger partial charge in [0, 0.05) is 12.5 Å². The van der Waals surface area contributed by atoms with Gasteiger partial charge in [-0.15, -0.1) is 12.4 Å². The van der Waals surface area contributed by atoms with Crippen LogP contribution < -0.4 is 15.8 Å². The maximum atomic E-state index is 11.4. The van der Waals surface area contributed by atoms with Crippen molar-refractivity contribution in [1.29, 1.82) is 0 Å². The van der Waals surface area contributed by atoms with Crippen molar-refractivity contribution in [3.63, 3.8) is 0 Å². The van der Waals surface area contributed by atoms with Crippen molar-refractivity contribution in [3.05, 3.63) is 29.8 Å². The molecule has 0 fully saturated rings. The molecule has 114 valence electrons. The van der Waals surface area contributed by atoms with Gasteiger partial charge in [0.1, 0.15) is 12.4 Å². The highest BCUT2D eigenvalue weighted by Crippen LogP contribution is 2.25. The Morgan fingerprint density at radius 2 is 1.95 bits per heavy atom. The molecule has 0 aliphatic heterocycles. The maximum absolute atomic E-state index is 11.4. The molecule has 0 aliphatic carbocycles. The van der Waals surface area contributed by atoms with Crippen LogP contribution in [0.3, 0.4) is 0 Å². The van der Waals surface area contributed by atoms with E-state index in [1.165, 1.54) is 5.56 Å². The number of hydrogen-bond acceptors (Lipinski definition) is 3. The van der Waals surface area contributed by atoms with Crippen LogP contribution in [0.15, 0.2) is 24.3 Å². The molecule has 0 radical (unpaired) electrons. The monoisotopic (exact) mass is 300 g/mol. The van der Waals surface area contributed by atoms with Crippen LogP contribution in [-0.4, -0.2) is 25.1 Å². The Kier molecular flexibility index (Phi) is 9.01. The van der Waals surface area contributed by atoms with E-state index >= 15 is 0 Å². The maximum Gasteiger partial charge on any atom is 0.221 e. The minimum absolute atomic E-state index is 0. The molecule has 3 N–H and O–H groups in total. The Morgan fingerprint density at radius 1 is 1.30 bits per heavy atom. The van der Waals surface area contributed by atoms with Crippen LogP contribution in [0.25, 0.3) is 0 Å². The van der Waals surface area contributed by atoms with Crippen LogP contribution in [-0.2, 0) is 4.79 Å². The minimum Gasteiger partial charge on any atom is -0.491 e. The third-order valence-electron chi connectivity index (χ3n) is 2.73. The van der Waals surface area contributed by atoms with Gasteiger partial charge in [0.25, 0.3) is 0 Å². The number of benzene rings is 1. The number of halogens is 1. The first kappa shape index (κ1) is 18.7. The van der Waals surface area contributed by atoms with E-state index in [9.17, 15) is 4.79 Å². The molecule has 0 saturated heterocycles. The molecule has 0 aliphatic rings. The minimum atomic E-state index is -0.109. The van der Waals surface area contributed by atoms with Gasteiger partial charge in [-0.25, -0.2) is 0 Å². The standard InChI is InChI=1S/C15H24N2O2.ClH/c1-11(2)13-6-4-5-7-14(13)19-9-8-17-15(18)10-12(3)16;/h4-7,11-12H,8-10,16H2,1-3H3,(H,17,18);1H. The van der Waals surface area contributed by atoms with Crippen molar-refractivity contribution in [3.8, 4) is 5.75 Å². The molecule has 5 heteroatoms. The third-order valence-corrected chi connectivity index (χ3v) is 2.73. The number of nitrogens with one attached hydrogen (secondary N) is 1. The zero-order chi connectivity index (χ0) is 14.3. The molecular weight excluding hydrogens is 276 g/mol. The Labute approximate surface area is 127 Å². The van der Waals surface area contributed by atoms with Gasteiger partial charge in [0.05, 0.1) is 6.54 Å². The van der Waals surface area contributed by atoms with Crippen LogP contribution in [0.5, 0.6) is 5.75 Å². The fraction of sp³-hybridized carbons (Fsp3) is 0.533. The molecule has 0 aromatic heterocycles. The van der Waals surface area contributed by atoms with Crippen molar-refractivity contribution in [1.82, 2.24) is 5.32 Å². The Bertz CT molecular complexity index is 409. The van der Waals surface area contributed by atoms with Crippen LogP contribution in [0.1, 0.15) is 38.7 Å². The summed E-state index contributed by atoms with van der Waals surface area (Å²) < 4.78 is 5.71. The molecule has 1 amide bonds. The summed E-state index contributed by atoms with van der Waals surface area (Å²) in [4.78, 5) is 11.4. The molecule has 1 unspecified atom stereocenters. The smallest absolute Gasteiger partial charge is 0.221 e. The largest absolute Gasteiger partial charge is 0.491 e. The number of amides is 1. The highest BCUT2D eigenvalue weighted by Gasteiger charge is 2.07. The Morgan fingerprint density at radius 3 is 2.55 bits per heavy atom. The van der Waals surface area contributed by atoms with Crippen molar-refractivity contribution >= 4 is 18.3 Å². The second-order valence-electron chi connectivity index (χ2n) is 5.07.